The zero-order valence-electron chi connectivity index (χ0n) is 11.4. The number of rotatable bonds is 5. The standard InChI is InChI=1S/C13H15F3N2O3/c1-2-20-8-12(19)18-6-10(7-18)21-11-5-9(3-4-17-11)13(14,15)16/h3-5,10H,2,6-8H2,1H3. The van der Waals surface area contributed by atoms with Crippen LogP contribution >= 0.6 is 0 Å². The minimum atomic E-state index is -4.43. The van der Waals surface area contributed by atoms with Gasteiger partial charge in [0.05, 0.1) is 18.7 Å². The number of alkyl halides is 3. The molecule has 1 aliphatic heterocycles. The average molecular weight is 304 g/mol. The fourth-order valence-corrected chi connectivity index (χ4v) is 1.82. The number of pyridine rings is 1. The molecule has 1 amide bonds. The molecule has 116 valence electrons. The van der Waals surface area contributed by atoms with E-state index in [2.05, 4.69) is 4.98 Å². The van der Waals surface area contributed by atoms with E-state index in [9.17, 15) is 18.0 Å². The lowest BCUT2D eigenvalue weighted by atomic mass is 10.1. The second kappa shape index (κ2) is 6.30. The summed E-state index contributed by atoms with van der Waals surface area (Å²) in [4.78, 5) is 16.8. The highest BCUT2D eigenvalue weighted by atomic mass is 19.4. The van der Waals surface area contributed by atoms with Crippen molar-refractivity contribution in [2.75, 3.05) is 26.3 Å². The lowest BCUT2D eigenvalue weighted by Crippen LogP contribution is -2.57. The Kier molecular flexibility index (Phi) is 4.66. The van der Waals surface area contributed by atoms with E-state index < -0.39 is 11.7 Å². The van der Waals surface area contributed by atoms with Gasteiger partial charge in [0.2, 0.25) is 11.8 Å². The van der Waals surface area contributed by atoms with Crippen molar-refractivity contribution in [2.24, 2.45) is 0 Å². The Balaban J connectivity index is 1.84. The van der Waals surface area contributed by atoms with Gasteiger partial charge >= 0.3 is 6.18 Å². The topological polar surface area (TPSA) is 51.7 Å². The summed E-state index contributed by atoms with van der Waals surface area (Å²) in [7, 11) is 0. The number of hydrogen-bond donors (Lipinski definition) is 0. The van der Waals surface area contributed by atoms with Crippen LogP contribution < -0.4 is 4.74 Å². The van der Waals surface area contributed by atoms with Gasteiger partial charge in [0.1, 0.15) is 12.7 Å². The van der Waals surface area contributed by atoms with E-state index in [1.165, 1.54) is 4.90 Å². The van der Waals surface area contributed by atoms with Crippen molar-refractivity contribution in [1.29, 1.82) is 0 Å². The summed E-state index contributed by atoms with van der Waals surface area (Å²) in [6, 6.07) is 1.73. The lowest BCUT2D eigenvalue weighted by Gasteiger charge is -2.38. The van der Waals surface area contributed by atoms with E-state index in [-0.39, 0.29) is 24.5 Å². The van der Waals surface area contributed by atoms with Crippen LogP contribution in [0.5, 0.6) is 5.88 Å². The molecule has 0 aromatic carbocycles. The minimum absolute atomic E-state index is 0.00499. The van der Waals surface area contributed by atoms with Crippen LogP contribution in [0.1, 0.15) is 12.5 Å². The van der Waals surface area contributed by atoms with Crippen molar-refractivity contribution >= 4 is 5.91 Å². The largest absolute Gasteiger partial charge is 0.471 e. The fourth-order valence-electron chi connectivity index (χ4n) is 1.82. The second-order valence-electron chi connectivity index (χ2n) is 4.56. The molecule has 0 bridgehead atoms. The molecule has 1 aliphatic rings. The zero-order chi connectivity index (χ0) is 15.5. The Labute approximate surface area is 119 Å². The molecule has 21 heavy (non-hydrogen) atoms. The quantitative estimate of drug-likeness (QED) is 0.831. The third kappa shape index (κ3) is 4.07. The molecule has 1 aromatic heterocycles. The van der Waals surface area contributed by atoms with Gasteiger partial charge in [0.15, 0.2) is 0 Å². The molecule has 0 radical (unpaired) electrons. The van der Waals surface area contributed by atoms with E-state index in [0.717, 1.165) is 18.3 Å². The van der Waals surface area contributed by atoms with E-state index in [1.54, 1.807) is 6.92 Å². The number of halogens is 3. The van der Waals surface area contributed by atoms with E-state index in [4.69, 9.17) is 9.47 Å². The predicted molar refractivity (Wildman–Crippen MR) is 66.7 cm³/mol. The molecule has 0 atom stereocenters. The van der Waals surface area contributed by atoms with Crippen LogP contribution in [0, 0.1) is 0 Å². The maximum atomic E-state index is 12.5. The number of ether oxygens (including phenoxy) is 2. The van der Waals surface area contributed by atoms with Gasteiger partial charge in [-0.2, -0.15) is 13.2 Å². The van der Waals surface area contributed by atoms with Crippen LogP contribution in [0.2, 0.25) is 0 Å². The number of likely N-dealkylation sites (tertiary alicyclic amines) is 1. The maximum absolute atomic E-state index is 12.5. The Morgan fingerprint density at radius 2 is 2.19 bits per heavy atom. The van der Waals surface area contributed by atoms with Crippen molar-refractivity contribution in [3.8, 4) is 5.88 Å². The molecule has 1 saturated heterocycles. The number of hydrogen-bond acceptors (Lipinski definition) is 4. The van der Waals surface area contributed by atoms with Gasteiger partial charge < -0.3 is 14.4 Å². The van der Waals surface area contributed by atoms with Crippen molar-refractivity contribution in [3.63, 3.8) is 0 Å². The van der Waals surface area contributed by atoms with Gasteiger partial charge in [-0.1, -0.05) is 0 Å². The molecule has 1 fully saturated rings. The summed E-state index contributed by atoms with van der Waals surface area (Å²) in [6.07, 6.45) is -3.72. The van der Waals surface area contributed by atoms with Gasteiger partial charge in [0.25, 0.3) is 0 Å². The third-order valence-electron chi connectivity index (χ3n) is 2.98. The highest BCUT2D eigenvalue weighted by molar-refractivity contribution is 5.78. The first-order valence-corrected chi connectivity index (χ1v) is 6.45. The molecular formula is C13H15F3N2O3. The normalized spacial score (nSPS) is 15.7. The molecule has 8 heteroatoms. The van der Waals surface area contributed by atoms with Crippen LogP contribution in [0.3, 0.4) is 0 Å². The number of nitrogens with zero attached hydrogens (tertiary/aromatic N) is 2. The Bertz CT molecular complexity index is 502. The summed E-state index contributed by atoms with van der Waals surface area (Å²) in [5.41, 5.74) is -0.809. The number of aromatic nitrogens is 1. The van der Waals surface area contributed by atoms with Crippen molar-refractivity contribution in [2.45, 2.75) is 19.2 Å². The van der Waals surface area contributed by atoms with Crippen LogP contribution in [-0.4, -0.2) is 48.2 Å². The Morgan fingerprint density at radius 1 is 1.48 bits per heavy atom. The van der Waals surface area contributed by atoms with Crippen molar-refractivity contribution in [1.82, 2.24) is 9.88 Å². The lowest BCUT2D eigenvalue weighted by molar-refractivity contribution is -0.144. The van der Waals surface area contributed by atoms with Crippen molar-refractivity contribution in [3.05, 3.63) is 23.9 Å². The average Bonchev–Trinajstić information content (AvgIpc) is 2.39. The van der Waals surface area contributed by atoms with Crippen LogP contribution in [0.4, 0.5) is 13.2 Å². The first-order valence-electron chi connectivity index (χ1n) is 6.45. The molecule has 2 heterocycles. The minimum Gasteiger partial charge on any atom is -0.471 e. The summed E-state index contributed by atoms with van der Waals surface area (Å²) in [6.45, 7) is 2.89. The smallest absolute Gasteiger partial charge is 0.416 e. The summed E-state index contributed by atoms with van der Waals surface area (Å²) in [5, 5.41) is 0. The molecule has 0 unspecified atom stereocenters. The molecule has 5 nitrogen and oxygen atoms in total. The number of carbonyl (C=O) groups is 1. The fraction of sp³-hybridized carbons (Fsp3) is 0.538. The van der Waals surface area contributed by atoms with Crippen LogP contribution in [0.15, 0.2) is 18.3 Å². The van der Waals surface area contributed by atoms with Crippen LogP contribution in [-0.2, 0) is 15.7 Å². The molecule has 2 rings (SSSR count). The van der Waals surface area contributed by atoms with Crippen LogP contribution in [0.25, 0.3) is 0 Å². The van der Waals surface area contributed by atoms with Gasteiger partial charge in [0, 0.05) is 18.9 Å². The molecular weight excluding hydrogens is 289 g/mol. The predicted octanol–water partition coefficient (Wildman–Crippen LogP) is 1.73. The SMILES string of the molecule is CCOCC(=O)N1CC(Oc2cc(C(F)(F)F)ccn2)C1. The van der Waals surface area contributed by atoms with Gasteiger partial charge in [-0.25, -0.2) is 4.98 Å². The van der Waals surface area contributed by atoms with Gasteiger partial charge in [-0.05, 0) is 13.0 Å². The molecule has 1 aromatic rings. The maximum Gasteiger partial charge on any atom is 0.416 e. The molecule has 0 spiro atoms. The molecule has 0 N–H and O–H groups in total. The van der Waals surface area contributed by atoms with E-state index in [1.807, 2.05) is 0 Å². The summed E-state index contributed by atoms with van der Waals surface area (Å²) >= 11 is 0. The second-order valence-corrected chi connectivity index (χ2v) is 4.56. The Morgan fingerprint density at radius 3 is 2.81 bits per heavy atom. The first kappa shape index (κ1) is 15.6. The monoisotopic (exact) mass is 304 g/mol. The molecule has 0 aliphatic carbocycles. The zero-order valence-corrected chi connectivity index (χ0v) is 11.4. The number of carbonyl (C=O) groups excluding carboxylic acids is 1. The summed E-state index contributed by atoms with van der Waals surface area (Å²) < 4.78 is 47.9. The van der Waals surface area contributed by atoms with Gasteiger partial charge in [-0.15, -0.1) is 0 Å². The number of amides is 1. The Hall–Kier alpha value is -1.83. The first-order chi connectivity index (χ1) is 9.90. The van der Waals surface area contributed by atoms with E-state index in [0.29, 0.717) is 19.7 Å². The van der Waals surface area contributed by atoms with Gasteiger partial charge in [-0.3, -0.25) is 4.79 Å². The molecule has 0 saturated carbocycles. The van der Waals surface area contributed by atoms with Crippen molar-refractivity contribution < 1.29 is 27.4 Å². The summed E-state index contributed by atoms with van der Waals surface area (Å²) in [5.74, 6) is -0.250. The van der Waals surface area contributed by atoms with E-state index >= 15 is 0 Å². The third-order valence-corrected chi connectivity index (χ3v) is 2.98. The highest BCUT2D eigenvalue weighted by Crippen LogP contribution is 2.30. The highest BCUT2D eigenvalue weighted by Gasteiger charge is 2.34.